The first-order valence-electron chi connectivity index (χ1n) is 46.6. The van der Waals surface area contributed by atoms with E-state index in [-0.39, 0.29) is 79.3 Å². The minimum absolute atomic E-state index is 0.110. The maximum absolute atomic E-state index is 11.4. The Balaban J connectivity index is 0.000000154. The van der Waals surface area contributed by atoms with Gasteiger partial charge in [-0.2, -0.15) is 0 Å². The first kappa shape index (κ1) is 98.6. The van der Waals surface area contributed by atoms with Crippen LogP contribution in [0.3, 0.4) is 0 Å². The van der Waals surface area contributed by atoms with Gasteiger partial charge in [0.2, 0.25) is 0 Å². The predicted molar refractivity (Wildman–Crippen MR) is 553 cm³/mol. The third kappa shape index (κ3) is 20.4. The highest BCUT2D eigenvalue weighted by molar-refractivity contribution is 6.08. The SMILES string of the molecule is C=CC(=O)OCCOc1ccc(C2(c3ccc(OCCOC(=O)C=C)cc3)c3cc(C)ccc3-c3cc4ccccc4cc32)cc1.C=CC(=O)OCCOc1ccc(C2(c3ccc(OCCOC(=O)C=C)cc3)c3ccc(C)cc3-c3c2ccc2cc(OC)ccc32)cc1.C=CC(=O)OCCOc1ccc(C2(c3ccc(OCCOC(=O)C=C)cc3)c3cccc(OC)c3-c3c2ccc2c(OC)cccc32)cc1. The zero-order chi connectivity index (χ0) is 100. The lowest BCUT2D eigenvalue weighted by Gasteiger charge is -2.34. The van der Waals surface area contributed by atoms with E-state index in [2.05, 4.69) is 247 Å². The maximum Gasteiger partial charge on any atom is 0.330 e. The van der Waals surface area contributed by atoms with Crippen molar-refractivity contribution in [3.8, 4) is 85.1 Å². The summed E-state index contributed by atoms with van der Waals surface area (Å²) in [7, 11) is 5.06. The van der Waals surface area contributed by atoms with E-state index >= 15 is 0 Å². The number of fused-ring (bicyclic) bond motifs is 14. The van der Waals surface area contributed by atoms with Crippen molar-refractivity contribution in [3.05, 3.63) is 451 Å². The number of carbonyl (C=O) groups is 6. The predicted octanol–water partition coefficient (Wildman–Crippen LogP) is 22.9. The van der Waals surface area contributed by atoms with E-state index in [1.807, 2.05) is 103 Å². The number of aryl methyl sites for hydroxylation is 2. The van der Waals surface area contributed by atoms with Gasteiger partial charge in [0.15, 0.2) is 0 Å². The Morgan fingerprint density at radius 3 is 0.965 bits per heavy atom. The van der Waals surface area contributed by atoms with Gasteiger partial charge >= 0.3 is 35.8 Å². The largest absolute Gasteiger partial charge is 0.497 e. The summed E-state index contributed by atoms with van der Waals surface area (Å²) >= 11 is 0. The summed E-state index contributed by atoms with van der Waals surface area (Å²) in [5.74, 6) is 3.41. The van der Waals surface area contributed by atoms with Crippen LogP contribution in [0.1, 0.15) is 77.9 Å². The van der Waals surface area contributed by atoms with Crippen LogP contribution < -0.4 is 42.6 Å². The van der Waals surface area contributed by atoms with Gasteiger partial charge in [0.1, 0.15) is 131 Å². The fourth-order valence-electron chi connectivity index (χ4n) is 19.3. The molecule has 0 radical (unpaired) electrons. The van der Waals surface area contributed by atoms with E-state index in [4.69, 9.17) is 71.1 Å². The topological polar surface area (TPSA) is 241 Å². The summed E-state index contributed by atoms with van der Waals surface area (Å²) in [5.41, 5.74) is 20.3. The first-order valence-corrected chi connectivity index (χ1v) is 46.6. The van der Waals surface area contributed by atoms with Gasteiger partial charge in [-0.05, 0) is 245 Å². The minimum atomic E-state index is -0.757. The molecule has 720 valence electrons. The van der Waals surface area contributed by atoms with Gasteiger partial charge < -0.3 is 71.1 Å². The summed E-state index contributed by atoms with van der Waals surface area (Å²) in [6.07, 6.45) is 6.78. The second-order valence-corrected chi connectivity index (χ2v) is 33.6. The number of methoxy groups -OCH3 is 3. The van der Waals surface area contributed by atoms with Gasteiger partial charge in [0, 0.05) is 47.4 Å². The highest BCUT2D eigenvalue weighted by Crippen LogP contribution is 2.63. The van der Waals surface area contributed by atoms with Crippen LogP contribution in [0.4, 0.5) is 0 Å². The monoisotopic (exact) mass is 1910 g/mol. The van der Waals surface area contributed by atoms with Gasteiger partial charge in [-0.3, -0.25) is 0 Å². The number of carbonyl (C=O) groups excluding carboxylic acids is 6. The molecule has 0 aromatic heterocycles. The fraction of sp³-hybridized carbons (Fsp3) is 0.164. The standard InChI is InChI=1S/C41H36O8.C41H36O7.C40H34O6/c1-5-37(42)48-25-23-46-29-17-13-27(14-18-29)41(28-15-19-30(20-16-28)47-24-26-49-38(43)6-2)33-10-8-12-36(45-4)40(33)39-32-9-7-11-35(44-3)31(32)21-22-34(39)41;1-5-38(42)47-23-21-45-31-13-9-29(10-14-31)41(30-11-15-32(16-12-30)46-22-24-48-39(43)6-2)36-19-7-27(3)25-35(36)40-34-18-17-33(44-4)26-28(34)8-20-37(40)41;1-4-38(41)45-22-20-43-32-15-11-30(12-16-32)40(31-13-17-33(18-14-31)44-21-23-46-39(42)5-2)36-24-27(3)10-19-34(36)35-25-28-8-6-7-9-29(28)26-37(35)40/h5-22H,1-2,23-26H2,3-4H3;5-20,25-26H,1-2,21-24H2,3-4H3;4-19,24-26H,1-2,20-23H2,3H3. The molecule has 3 aliphatic rings. The van der Waals surface area contributed by atoms with E-state index in [9.17, 15) is 28.8 Å². The van der Waals surface area contributed by atoms with E-state index < -0.39 is 52.1 Å². The average Bonchev–Trinajstić information content (AvgIpc) is 1.53. The molecule has 0 amide bonds. The Kier molecular flexibility index (Phi) is 31.0. The lowest BCUT2D eigenvalue weighted by atomic mass is 9.67. The number of ether oxygens (including phenoxy) is 15. The Hall–Kier alpha value is -17.5. The summed E-state index contributed by atoms with van der Waals surface area (Å²) in [4.78, 5) is 68.5. The van der Waals surface area contributed by atoms with Crippen LogP contribution in [0.25, 0.3) is 65.7 Å². The van der Waals surface area contributed by atoms with E-state index in [1.165, 1.54) is 60.8 Å². The molecule has 0 N–H and O–H groups in total. The van der Waals surface area contributed by atoms with Crippen LogP contribution in [0, 0.1) is 13.8 Å². The highest BCUT2D eigenvalue weighted by Gasteiger charge is 2.51. The van der Waals surface area contributed by atoms with Gasteiger partial charge in [0.05, 0.1) is 37.6 Å². The molecule has 18 rings (SSSR count). The number of esters is 6. The highest BCUT2D eigenvalue weighted by atomic mass is 16.6. The molecule has 21 nitrogen and oxygen atoms in total. The molecule has 15 aromatic rings. The van der Waals surface area contributed by atoms with E-state index in [0.29, 0.717) is 34.5 Å². The Bertz CT molecular complexity index is 7090. The zero-order valence-electron chi connectivity index (χ0n) is 80.1. The molecule has 0 fully saturated rings. The van der Waals surface area contributed by atoms with Crippen LogP contribution in [0.15, 0.2) is 373 Å². The van der Waals surface area contributed by atoms with Crippen LogP contribution in [0.5, 0.6) is 51.7 Å². The molecule has 0 atom stereocenters. The van der Waals surface area contributed by atoms with Crippen LogP contribution in [-0.4, -0.2) is 136 Å². The molecule has 0 heterocycles. The van der Waals surface area contributed by atoms with Crippen molar-refractivity contribution in [3.63, 3.8) is 0 Å². The average molecular weight is 1910 g/mol. The molecule has 0 bridgehead atoms. The van der Waals surface area contributed by atoms with Crippen molar-refractivity contribution < 1.29 is 99.8 Å². The molecular formula is C122H106O21. The third-order valence-electron chi connectivity index (χ3n) is 25.5. The number of hydrogen-bond donors (Lipinski definition) is 0. The second kappa shape index (κ2) is 45.0. The van der Waals surface area contributed by atoms with Crippen LogP contribution in [-0.2, 0) is 73.4 Å². The second-order valence-electron chi connectivity index (χ2n) is 33.6. The van der Waals surface area contributed by atoms with Gasteiger partial charge in [0.25, 0.3) is 0 Å². The maximum atomic E-state index is 11.4. The Morgan fingerprint density at radius 2 is 0.559 bits per heavy atom. The summed E-state index contributed by atoms with van der Waals surface area (Å²) in [5, 5.41) is 6.64. The Labute approximate surface area is 830 Å². The summed E-state index contributed by atoms with van der Waals surface area (Å²) in [6, 6.07) is 102. The normalized spacial score (nSPS) is 12.4. The van der Waals surface area contributed by atoms with Gasteiger partial charge in [-0.15, -0.1) is 0 Å². The zero-order valence-corrected chi connectivity index (χ0v) is 80.1. The van der Waals surface area contributed by atoms with Crippen molar-refractivity contribution in [2.45, 2.75) is 30.1 Å². The summed E-state index contributed by atoms with van der Waals surface area (Å²) < 4.78 is 83.1. The molecule has 3 aliphatic carbocycles. The van der Waals surface area contributed by atoms with Crippen LogP contribution in [0.2, 0.25) is 0 Å². The number of benzene rings is 15. The van der Waals surface area contributed by atoms with Crippen LogP contribution >= 0.6 is 0 Å². The molecular weight excluding hydrogens is 1800 g/mol. The quantitative estimate of drug-likeness (QED) is 0.0150. The first-order chi connectivity index (χ1) is 69.8. The van der Waals surface area contributed by atoms with E-state index in [0.717, 1.165) is 136 Å². The molecule has 143 heavy (non-hydrogen) atoms. The third-order valence-corrected chi connectivity index (χ3v) is 25.5. The fourth-order valence-corrected chi connectivity index (χ4v) is 19.3. The van der Waals surface area contributed by atoms with Gasteiger partial charge in [-0.25, -0.2) is 28.8 Å². The molecule has 0 unspecified atom stereocenters. The van der Waals surface area contributed by atoms with E-state index in [1.54, 1.807) is 21.3 Å². The van der Waals surface area contributed by atoms with Crippen molar-refractivity contribution in [2.75, 3.05) is 101 Å². The van der Waals surface area contributed by atoms with Crippen molar-refractivity contribution in [2.24, 2.45) is 0 Å². The van der Waals surface area contributed by atoms with Crippen molar-refractivity contribution in [1.29, 1.82) is 0 Å². The molecule has 0 aliphatic heterocycles. The lowest BCUT2D eigenvalue weighted by molar-refractivity contribution is -0.139. The molecule has 0 saturated carbocycles. The van der Waals surface area contributed by atoms with Crippen molar-refractivity contribution in [1.82, 2.24) is 0 Å². The molecule has 0 spiro atoms. The summed E-state index contributed by atoms with van der Waals surface area (Å²) in [6.45, 7) is 26.8. The van der Waals surface area contributed by atoms with Crippen molar-refractivity contribution >= 4 is 68.1 Å². The minimum Gasteiger partial charge on any atom is -0.497 e. The molecule has 0 saturated heterocycles. The Morgan fingerprint density at radius 1 is 0.231 bits per heavy atom. The lowest BCUT2D eigenvalue weighted by Crippen LogP contribution is -2.28. The number of rotatable bonds is 39. The van der Waals surface area contributed by atoms with Gasteiger partial charge in [-0.1, -0.05) is 239 Å². The molecule has 21 heteroatoms. The smallest absolute Gasteiger partial charge is 0.330 e. The number of hydrogen-bond acceptors (Lipinski definition) is 21. The molecule has 15 aromatic carbocycles.